The highest BCUT2D eigenvalue weighted by molar-refractivity contribution is 5.18. The topological polar surface area (TPSA) is 52.5 Å². The molecule has 1 aromatic carbocycles. The average Bonchev–Trinajstić information content (AvgIpc) is 2.35. The molecule has 0 spiro atoms. The van der Waals surface area contributed by atoms with Crippen LogP contribution in [0.2, 0.25) is 0 Å². The van der Waals surface area contributed by atoms with E-state index in [1.54, 1.807) is 0 Å². The summed E-state index contributed by atoms with van der Waals surface area (Å²) in [6.07, 6.45) is 2.49. The molecule has 0 radical (unpaired) electrons. The molecule has 0 aliphatic heterocycles. The van der Waals surface area contributed by atoms with E-state index in [0.29, 0.717) is 0 Å². The van der Waals surface area contributed by atoms with E-state index in [9.17, 15) is 0 Å². The number of nitrogens with one attached hydrogen (secondary N) is 1. The van der Waals surface area contributed by atoms with E-state index in [2.05, 4.69) is 17.4 Å². The first-order valence-electron chi connectivity index (χ1n) is 5.88. The molecule has 3 N–H and O–H groups in total. The molecule has 3 heteroatoms. The Morgan fingerprint density at radius 1 is 1.00 bits per heavy atom. The van der Waals surface area contributed by atoms with Crippen molar-refractivity contribution in [2.24, 2.45) is 0 Å². The van der Waals surface area contributed by atoms with Gasteiger partial charge in [0.05, 0.1) is 0 Å². The lowest BCUT2D eigenvalue weighted by Gasteiger charge is -2.18. The van der Waals surface area contributed by atoms with E-state index in [0.717, 1.165) is 25.8 Å². The number of rotatable bonds is 8. The van der Waals surface area contributed by atoms with Crippen LogP contribution in [-0.2, 0) is 0 Å². The Hall–Kier alpha value is -0.900. The first-order chi connectivity index (χ1) is 7.88. The summed E-state index contributed by atoms with van der Waals surface area (Å²) in [6, 6.07) is 10.5. The van der Waals surface area contributed by atoms with Crippen LogP contribution < -0.4 is 5.32 Å². The lowest BCUT2D eigenvalue weighted by atomic mass is 10.0. The highest BCUT2D eigenvalue weighted by atomic mass is 16.3. The SMILES string of the molecule is OCCCNC(CCCO)c1ccccc1. The maximum absolute atomic E-state index is 8.87. The van der Waals surface area contributed by atoms with Gasteiger partial charge < -0.3 is 15.5 Å². The van der Waals surface area contributed by atoms with Crippen LogP contribution in [0.1, 0.15) is 30.9 Å². The molecule has 0 saturated carbocycles. The third-order valence-corrected chi connectivity index (χ3v) is 2.58. The third-order valence-electron chi connectivity index (χ3n) is 2.58. The van der Waals surface area contributed by atoms with Crippen molar-refractivity contribution in [2.45, 2.75) is 25.3 Å². The standard InChI is InChI=1S/C13H21NO2/c15-10-4-8-13(14-9-5-11-16)12-6-2-1-3-7-12/h1-3,6-7,13-16H,4-5,8-11H2. The Morgan fingerprint density at radius 2 is 1.69 bits per heavy atom. The molecule has 3 nitrogen and oxygen atoms in total. The van der Waals surface area contributed by atoms with Crippen LogP contribution in [-0.4, -0.2) is 30.0 Å². The number of hydrogen-bond acceptors (Lipinski definition) is 3. The van der Waals surface area contributed by atoms with Gasteiger partial charge in [-0.3, -0.25) is 0 Å². The van der Waals surface area contributed by atoms with Gasteiger partial charge >= 0.3 is 0 Å². The lowest BCUT2D eigenvalue weighted by Crippen LogP contribution is -2.23. The van der Waals surface area contributed by atoms with Crippen LogP contribution in [0, 0.1) is 0 Å². The van der Waals surface area contributed by atoms with E-state index < -0.39 is 0 Å². The summed E-state index contributed by atoms with van der Waals surface area (Å²) in [5, 5.41) is 21.0. The third kappa shape index (κ3) is 4.75. The zero-order valence-corrected chi connectivity index (χ0v) is 9.60. The minimum atomic E-state index is 0.217. The smallest absolute Gasteiger partial charge is 0.0443 e. The molecule has 0 bridgehead atoms. The molecule has 1 rings (SSSR count). The summed E-state index contributed by atoms with van der Waals surface area (Å²) < 4.78 is 0. The summed E-state index contributed by atoms with van der Waals surface area (Å²) in [5.41, 5.74) is 1.24. The second kappa shape index (κ2) is 8.28. The molecular weight excluding hydrogens is 202 g/mol. The second-order valence-corrected chi connectivity index (χ2v) is 3.86. The number of benzene rings is 1. The largest absolute Gasteiger partial charge is 0.396 e. The molecule has 0 aliphatic rings. The fourth-order valence-electron chi connectivity index (χ4n) is 1.72. The van der Waals surface area contributed by atoms with E-state index in [-0.39, 0.29) is 19.3 Å². The lowest BCUT2D eigenvalue weighted by molar-refractivity contribution is 0.267. The van der Waals surface area contributed by atoms with Crippen molar-refractivity contribution < 1.29 is 10.2 Å². The van der Waals surface area contributed by atoms with Gasteiger partial charge in [-0.25, -0.2) is 0 Å². The Labute approximate surface area is 97.1 Å². The molecule has 16 heavy (non-hydrogen) atoms. The Kier molecular flexibility index (Phi) is 6.81. The van der Waals surface area contributed by atoms with Gasteiger partial charge in [-0.1, -0.05) is 30.3 Å². The Morgan fingerprint density at radius 3 is 2.31 bits per heavy atom. The molecule has 0 aliphatic carbocycles. The fourth-order valence-corrected chi connectivity index (χ4v) is 1.72. The average molecular weight is 223 g/mol. The predicted octanol–water partition coefficient (Wildman–Crippen LogP) is 1.47. The quantitative estimate of drug-likeness (QED) is 0.585. The molecule has 1 unspecified atom stereocenters. The van der Waals surface area contributed by atoms with E-state index >= 15 is 0 Å². The Bertz CT molecular complexity index is 264. The normalized spacial score (nSPS) is 12.6. The van der Waals surface area contributed by atoms with E-state index in [1.165, 1.54) is 5.56 Å². The van der Waals surface area contributed by atoms with Crippen LogP contribution in [0.15, 0.2) is 30.3 Å². The van der Waals surface area contributed by atoms with Crippen LogP contribution in [0.3, 0.4) is 0 Å². The molecule has 0 aromatic heterocycles. The van der Waals surface area contributed by atoms with E-state index in [1.807, 2.05) is 18.2 Å². The highest BCUT2D eigenvalue weighted by Crippen LogP contribution is 2.17. The number of aliphatic hydroxyl groups is 2. The van der Waals surface area contributed by atoms with Crippen LogP contribution in [0.5, 0.6) is 0 Å². The highest BCUT2D eigenvalue weighted by Gasteiger charge is 2.09. The van der Waals surface area contributed by atoms with Crippen molar-refractivity contribution in [2.75, 3.05) is 19.8 Å². The summed E-state index contributed by atoms with van der Waals surface area (Å²) >= 11 is 0. The van der Waals surface area contributed by atoms with Crippen molar-refractivity contribution in [1.82, 2.24) is 5.32 Å². The fraction of sp³-hybridized carbons (Fsp3) is 0.538. The molecule has 0 fully saturated rings. The van der Waals surface area contributed by atoms with Crippen LogP contribution in [0.25, 0.3) is 0 Å². The van der Waals surface area contributed by atoms with Crippen LogP contribution in [0.4, 0.5) is 0 Å². The monoisotopic (exact) mass is 223 g/mol. The van der Waals surface area contributed by atoms with Crippen LogP contribution >= 0.6 is 0 Å². The summed E-state index contributed by atoms with van der Waals surface area (Å²) in [4.78, 5) is 0. The number of aliphatic hydroxyl groups excluding tert-OH is 2. The molecule has 0 saturated heterocycles. The van der Waals surface area contributed by atoms with Gasteiger partial charge in [-0.05, 0) is 31.4 Å². The van der Waals surface area contributed by atoms with Crippen molar-refractivity contribution in [3.05, 3.63) is 35.9 Å². The van der Waals surface area contributed by atoms with Gasteiger partial charge in [0.2, 0.25) is 0 Å². The first-order valence-corrected chi connectivity index (χ1v) is 5.88. The number of hydrogen-bond donors (Lipinski definition) is 3. The molecule has 0 heterocycles. The van der Waals surface area contributed by atoms with Crippen molar-refractivity contribution >= 4 is 0 Å². The summed E-state index contributed by atoms with van der Waals surface area (Å²) in [7, 11) is 0. The summed E-state index contributed by atoms with van der Waals surface area (Å²) in [5.74, 6) is 0. The van der Waals surface area contributed by atoms with Gasteiger partial charge in [0.15, 0.2) is 0 Å². The molecule has 1 aromatic rings. The molecule has 0 amide bonds. The van der Waals surface area contributed by atoms with Crippen molar-refractivity contribution in [3.8, 4) is 0 Å². The van der Waals surface area contributed by atoms with Crippen molar-refractivity contribution in [3.63, 3.8) is 0 Å². The minimum Gasteiger partial charge on any atom is -0.396 e. The zero-order valence-electron chi connectivity index (χ0n) is 9.60. The summed E-state index contributed by atoms with van der Waals surface area (Å²) in [6.45, 7) is 1.25. The van der Waals surface area contributed by atoms with Crippen molar-refractivity contribution in [1.29, 1.82) is 0 Å². The zero-order chi connectivity index (χ0) is 11.6. The first kappa shape index (κ1) is 13.2. The second-order valence-electron chi connectivity index (χ2n) is 3.86. The van der Waals surface area contributed by atoms with Gasteiger partial charge in [-0.15, -0.1) is 0 Å². The van der Waals surface area contributed by atoms with Gasteiger partial charge in [0.25, 0.3) is 0 Å². The molecule has 90 valence electrons. The van der Waals surface area contributed by atoms with Gasteiger partial charge in [-0.2, -0.15) is 0 Å². The maximum atomic E-state index is 8.87. The molecular formula is C13H21NO2. The van der Waals surface area contributed by atoms with Gasteiger partial charge in [0.1, 0.15) is 0 Å². The maximum Gasteiger partial charge on any atom is 0.0443 e. The van der Waals surface area contributed by atoms with Gasteiger partial charge in [0, 0.05) is 19.3 Å². The van der Waals surface area contributed by atoms with E-state index in [4.69, 9.17) is 10.2 Å². The molecule has 1 atom stereocenters. The minimum absolute atomic E-state index is 0.217. The Balaban J connectivity index is 2.49. The predicted molar refractivity (Wildman–Crippen MR) is 65.2 cm³/mol.